The van der Waals surface area contributed by atoms with Crippen LogP contribution in [0.1, 0.15) is 44.2 Å². The van der Waals surface area contributed by atoms with E-state index in [1.54, 1.807) is 31.4 Å². The number of hydrogen-bond donors (Lipinski definition) is 0. The number of carbonyl (C=O) groups excluding carboxylic acids is 1. The molecule has 1 aliphatic rings. The second-order valence-corrected chi connectivity index (χ2v) is 10.4. The molecule has 0 spiro atoms. The van der Waals surface area contributed by atoms with E-state index >= 15 is 0 Å². The van der Waals surface area contributed by atoms with E-state index < -0.39 is 10.0 Å². The first-order valence-corrected chi connectivity index (χ1v) is 13.4. The fourth-order valence-corrected chi connectivity index (χ4v) is 5.69. The molecule has 1 fully saturated rings. The number of benzene rings is 2. The van der Waals surface area contributed by atoms with Crippen molar-refractivity contribution in [2.24, 2.45) is 0 Å². The van der Waals surface area contributed by atoms with Gasteiger partial charge >= 0.3 is 0 Å². The minimum absolute atomic E-state index is 0.0539. The van der Waals surface area contributed by atoms with Gasteiger partial charge in [0.05, 0.1) is 18.1 Å². The quantitative estimate of drug-likeness (QED) is 0.453. The van der Waals surface area contributed by atoms with Crippen molar-refractivity contribution in [3.8, 4) is 5.75 Å². The molecule has 8 heteroatoms. The van der Waals surface area contributed by atoms with Crippen molar-refractivity contribution in [3.05, 3.63) is 59.7 Å². The first kappa shape index (κ1) is 26.2. The molecular formula is C26H36N2O5S. The summed E-state index contributed by atoms with van der Waals surface area (Å²) in [7, 11) is -1.85. The summed E-state index contributed by atoms with van der Waals surface area (Å²) in [5.74, 6) is 0.819. The standard InChI is InChI=1S/C26H36N2O5S/c1-4-28(5-2)34(30,31)25-14-11-21(12-15-25)13-16-26(29)27(20-24-10-7-17-33-24)19-22-8-6-9-23(18-22)32-3/h6,8-9,11-12,14-15,18,24H,4-5,7,10,13,16-17,19-20H2,1-3H3. The van der Waals surface area contributed by atoms with Gasteiger partial charge in [-0.05, 0) is 54.7 Å². The SMILES string of the molecule is CCN(CC)S(=O)(=O)c1ccc(CCC(=O)N(Cc2cccc(OC)c2)CC2CCCO2)cc1. The molecule has 0 radical (unpaired) electrons. The lowest BCUT2D eigenvalue weighted by atomic mass is 10.1. The van der Waals surface area contributed by atoms with Gasteiger partial charge in [-0.3, -0.25) is 4.79 Å². The van der Waals surface area contributed by atoms with Crippen LogP contribution in [0.2, 0.25) is 0 Å². The average molecular weight is 489 g/mol. The summed E-state index contributed by atoms with van der Waals surface area (Å²) in [6, 6.07) is 14.6. The molecule has 1 unspecified atom stereocenters. The number of amides is 1. The average Bonchev–Trinajstić information content (AvgIpc) is 3.36. The monoisotopic (exact) mass is 488 g/mol. The number of hydrogen-bond acceptors (Lipinski definition) is 5. The summed E-state index contributed by atoms with van der Waals surface area (Å²) in [5.41, 5.74) is 1.95. The Morgan fingerprint density at radius 2 is 1.82 bits per heavy atom. The molecule has 0 bridgehead atoms. The predicted octanol–water partition coefficient (Wildman–Crippen LogP) is 3.87. The Kier molecular flexibility index (Phi) is 9.50. The van der Waals surface area contributed by atoms with E-state index in [1.165, 1.54) is 4.31 Å². The maximum Gasteiger partial charge on any atom is 0.243 e. The third-order valence-corrected chi connectivity index (χ3v) is 8.27. The Hall–Kier alpha value is -2.42. The van der Waals surface area contributed by atoms with Gasteiger partial charge in [0, 0.05) is 39.2 Å². The third-order valence-electron chi connectivity index (χ3n) is 6.20. The van der Waals surface area contributed by atoms with Gasteiger partial charge in [0.2, 0.25) is 15.9 Å². The Morgan fingerprint density at radius 1 is 1.09 bits per heavy atom. The molecular weight excluding hydrogens is 452 g/mol. The topological polar surface area (TPSA) is 76.2 Å². The van der Waals surface area contributed by atoms with Crippen LogP contribution in [0, 0.1) is 0 Å². The van der Waals surface area contributed by atoms with Crippen molar-refractivity contribution in [3.63, 3.8) is 0 Å². The molecule has 2 aromatic rings. The maximum atomic E-state index is 13.2. The van der Waals surface area contributed by atoms with E-state index in [0.717, 1.165) is 36.3 Å². The van der Waals surface area contributed by atoms with Crippen LogP contribution in [0.3, 0.4) is 0 Å². The van der Waals surface area contributed by atoms with Crippen LogP contribution in [0.4, 0.5) is 0 Å². The van der Waals surface area contributed by atoms with Gasteiger partial charge in [0.15, 0.2) is 0 Å². The Bertz CT molecular complexity index is 1030. The van der Waals surface area contributed by atoms with Crippen LogP contribution in [0.25, 0.3) is 0 Å². The fourth-order valence-electron chi connectivity index (χ4n) is 4.23. The van der Waals surface area contributed by atoms with Crippen LogP contribution in [0.15, 0.2) is 53.4 Å². The van der Waals surface area contributed by atoms with Gasteiger partial charge < -0.3 is 14.4 Å². The van der Waals surface area contributed by atoms with Crippen LogP contribution in [0.5, 0.6) is 5.75 Å². The van der Waals surface area contributed by atoms with Gasteiger partial charge in [0.1, 0.15) is 5.75 Å². The predicted molar refractivity (Wildman–Crippen MR) is 132 cm³/mol. The Balaban J connectivity index is 1.66. The highest BCUT2D eigenvalue weighted by molar-refractivity contribution is 7.89. The zero-order valence-electron chi connectivity index (χ0n) is 20.4. The molecule has 1 aliphatic heterocycles. The van der Waals surface area contributed by atoms with Crippen molar-refractivity contribution >= 4 is 15.9 Å². The van der Waals surface area contributed by atoms with Gasteiger partial charge in [0.25, 0.3) is 0 Å². The van der Waals surface area contributed by atoms with Crippen LogP contribution >= 0.6 is 0 Å². The molecule has 0 aliphatic carbocycles. The molecule has 0 N–H and O–H groups in total. The fraction of sp³-hybridized carbons (Fsp3) is 0.500. The number of aryl methyl sites for hydroxylation is 1. The maximum absolute atomic E-state index is 13.2. The van der Waals surface area contributed by atoms with Gasteiger partial charge in [-0.15, -0.1) is 0 Å². The molecule has 186 valence electrons. The molecule has 7 nitrogen and oxygen atoms in total. The first-order valence-electron chi connectivity index (χ1n) is 12.0. The summed E-state index contributed by atoms with van der Waals surface area (Å²) < 4.78 is 37.9. The van der Waals surface area contributed by atoms with Gasteiger partial charge in [-0.25, -0.2) is 8.42 Å². The zero-order valence-corrected chi connectivity index (χ0v) is 21.2. The second kappa shape index (κ2) is 12.3. The second-order valence-electron chi connectivity index (χ2n) is 8.49. The summed E-state index contributed by atoms with van der Waals surface area (Å²) in [6.07, 6.45) is 2.95. The van der Waals surface area contributed by atoms with E-state index in [4.69, 9.17) is 9.47 Å². The number of carbonyl (C=O) groups is 1. The van der Waals surface area contributed by atoms with Crippen LogP contribution in [-0.4, -0.2) is 63.0 Å². The number of rotatable bonds is 12. The van der Waals surface area contributed by atoms with Crippen LogP contribution < -0.4 is 4.74 Å². The van der Waals surface area contributed by atoms with Crippen molar-refractivity contribution in [2.45, 2.75) is 57.1 Å². The van der Waals surface area contributed by atoms with Crippen molar-refractivity contribution in [1.29, 1.82) is 0 Å². The molecule has 1 heterocycles. The lowest BCUT2D eigenvalue weighted by molar-refractivity contribution is -0.133. The first-order chi connectivity index (χ1) is 16.4. The summed E-state index contributed by atoms with van der Waals surface area (Å²) in [6.45, 7) is 6.33. The highest BCUT2D eigenvalue weighted by atomic mass is 32.2. The molecule has 34 heavy (non-hydrogen) atoms. The Labute approximate surface area is 203 Å². The minimum Gasteiger partial charge on any atom is -0.497 e. The molecule has 1 saturated heterocycles. The molecule has 0 saturated carbocycles. The summed E-state index contributed by atoms with van der Waals surface area (Å²) >= 11 is 0. The number of nitrogens with zero attached hydrogens (tertiary/aromatic N) is 2. The van der Waals surface area contributed by atoms with E-state index in [1.807, 2.05) is 43.0 Å². The number of methoxy groups -OCH3 is 1. The summed E-state index contributed by atoms with van der Waals surface area (Å²) in [5, 5.41) is 0. The third kappa shape index (κ3) is 6.81. The zero-order chi connectivity index (χ0) is 24.6. The lowest BCUT2D eigenvalue weighted by Crippen LogP contribution is -2.37. The van der Waals surface area contributed by atoms with E-state index in [2.05, 4.69) is 0 Å². The van der Waals surface area contributed by atoms with Crippen molar-refractivity contribution in [2.75, 3.05) is 33.4 Å². The van der Waals surface area contributed by atoms with Gasteiger partial charge in [-0.1, -0.05) is 38.1 Å². The minimum atomic E-state index is -3.48. The normalized spacial score (nSPS) is 16.1. The number of ether oxygens (including phenoxy) is 2. The molecule has 1 atom stereocenters. The van der Waals surface area contributed by atoms with E-state index in [9.17, 15) is 13.2 Å². The molecule has 1 amide bonds. The summed E-state index contributed by atoms with van der Waals surface area (Å²) in [4.78, 5) is 15.3. The molecule has 0 aromatic heterocycles. The largest absolute Gasteiger partial charge is 0.497 e. The van der Waals surface area contributed by atoms with Gasteiger partial charge in [-0.2, -0.15) is 4.31 Å². The molecule has 3 rings (SSSR count). The van der Waals surface area contributed by atoms with Crippen LogP contribution in [-0.2, 0) is 32.5 Å². The highest BCUT2D eigenvalue weighted by Gasteiger charge is 2.24. The van der Waals surface area contributed by atoms with Crippen molar-refractivity contribution < 1.29 is 22.7 Å². The van der Waals surface area contributed by atoms with E-state index in [0.29, 0.717) is 39.0 Å². The molecule has 2 aromatic carbocycles. The number of sulfonamides is 1. The van der Waals surface area contributed by atoms with Crippen molar-refractivity contribution in [1.82, 2.24) is 9.21 Å². The lowest BCUT2D eigenvalue weighted by Gasteiger charge is -2.26. The Morgan fingerprint density at radius 3 is 2.44 bits per heavy atom. The van der Waals surface area contributed by atoms with E-state index in [-0.39, 0.29) is 16.9 Å². The smallest absolute Gasteiger partial charge is 0.243 e. The highest BCUT2D eigenvalue weighted by Crippen LogP contribution is 2.20.